The molecule has 1 N–H and O–H groups in total. The van der Waals surface area contributed by atoms with Crippen molar-refractivity contribution < 1.29 is 14.3 Å². The molecule has 6 heteroatoms. The molecule has 0 aliphatic carbocycles. The summed E-state index contributed by atoms with van der Waals surface area (Å²) in [4.78, 5) is 26.4. The van der Waals surface area contributed by atoms with Crippen molar-refractivity contribution in [2.45, 2.75) is 18.9 Å². The highest BCUT2D eigenvalue weighted by atomic mass is 35.5. The number of nitrogens with one attached hydrogen (secondary N) is 1. The van der Waals surface area contributed by atoms with Crippen LogP contribution in [0.2, 0.25) is 5.02 Å². The smallest absolute Gasteiger partial charge is 0.251 e. The number of amides is 2. The maximum Gasteiger partial charge on any atom is 0.251 e. The Kier molecular flexibility index (Phi) is 6.85. The van der Waals surface area contributed by atoms with Crippen LogP contribution in [0.4, 0.5) is 0 Å². The van der Waals surface area contributed by atoms with Gasteiger partial charge in [0.15, 0.2) is 0 Å². The monoisotopic (exact) mass is 386 g/mol. The second-order valence-corrected chi connectivity index (χ2v) is 6.91. The summed E-state index contributed by atoms with van der Waals surface area (Å²) in [7, 11) is 0. The molecule has 2 aromatic rings. The summed E-state index contributed by atoms with van der Waals surface area (Å²) in [5.74, 6) is -0.0606. The van der Waals surface area contributed by atoms with Crippen molar-refractivity contribution in [3.8, 4) is 0 Å². The average Bonchev–Trinajstić information content (AvgIpc) is 2.72. The number of rotatable bonds is 6. The van der Waals surface area contributed by atoms with Crippen molar-refractivity contribution in [2.24, 2.45) is 0 Å². The van der Waals surface area contributed by atoms with Gasteiger partial charge in [-0.05, 0) is 36.2 Å². The van der Waals surface area contributed by atoms with Gasteiger partial charge in [-0.2, -0.15) is 0 Å². The SMILES string of the molecule is O=C(NCCCC(=O)N1CCOC(c2ccccc2)C1)c1ccc(Cl)cc1. The zero-order chi connectivity index (χ0) is 19.1. The van der Waals surface area contributed by atoms with Gasteiger partial charge in [-0.25, -0.2) is 0 Å². The number of carbonyl (C=O) groups is 2. The van der Waals surface area contributed by atoms with Crippen LogP contribution in [0.1, 0.15) is 34.9 Å². The highest BCUT2D eigenvalue weighted by molar-refractivity contribution is 6.30. The molecule has 0 bridgehead atoms. The van der Waals surface area contributed by atoms with Crippen LogP contribution < -0.4 is 5.32 Å². The van der Waals surface area contributed by atoms with E-state index in [2.05, 4.69) is 5.32 Å². The van der Waals surface area contributed by atoms with Gasteiger partial charge in [-0.15, -0.1) is 0 Å². The van der Waals surface area contributed by atoms with Gasteiger partial charge in [0.1, 0.15) is 6.10 Å². The lowest BCUT2D eigenvalue weighted by Crippen LogP contribution is -2.42. The Hall–Kier alpha value is -2.37. The number of benzene rings is 2. The number of hydrogen-bond donors (Lipinski definition) is 1. The molecule has 5 nitrogen and oxygen atoms in total. The summed E-state index contributed by atoms with van der Waals surface area (Å²) in [5.41, 5.74) is 1.65. The molecule has 1 unspecified atom stereocenters. The fourth-order valence-corrected chi connectivity index (χ4v) is 3.17. The fraction of sp³-hybridized carbons (Fsp3) is 0.333. The third-order valence-electron chi connectivity index (χ3n) is 4.55. The molecule has 142 valence electrons. The molecule has 2 aromatic carbocycles. The first-order valence-corrected chi connectivity index (χ1v) is 9.49. The van der Waals surface area contributed by atoms with E-state index < -0.39 is 0 Å². The van der Waals surface area contributed by atoms with E-state index in [1.54, 1.807) is 24.3 Å². The maximum atomic E-state index is 12.5. The molecule has 1 heterocycles. The van der Waals surface area contributed by atoms with Crippen molar-refractivity contribution in [1.82, 2.24) is 10.2 Å². The van der Waals surface area contributed by atoms with E-state index in [1.807, 2.05) is 35.2 Å². The summed E-state index contributed by atoms with van der Waals surface area (Å²) >= 11 is 5.82. The van der Waals surface area contributed by atoms with Gasteiger partial charge < -0.3 is 15.0 Å². The summed E-state index contributed by atoms with van der Waals surface area (Å²) in [5, 5.41) is 3.43. The number of carbonyl (C=O) groups excluding carboxylic acids is 2. The highest BCUT2D eigenvalue weighted by Gasteiger charge is 2.24. The second kappa shape index (κ2) is 9.53. The average molecular weight is 387 g/mol. The zero-order valence-corrected chi connectivity index (χ0v) is 15.8. The molecule has 3 rings (SSSR count). The molecule has 0 spiro atoms. The molecular formula is C21H23ClN2O3. The number of morpholine rings is 1. The minimum absolute atomic E-state index is 0.0755. The van der Waals surface area contributed by atoms with Gasteiger partial charge in [0.25, 0.3) is 5.91 Å². The Balaban J connectivity index is 1.41. The lowest BCUT2D eigenvalue weighted by molar-refractivity contribution is -0.139. The van der Waals surface area contributed by atoms with Gasteiger partial charge >= 0.3 is 0 Å². The largest absolute Gasteiger partial charge is 0.370 e. The van der Waals surface area contributed by atoms with E-state index in [1.165, 1.54) is 0 Å². The third kappa shape index (κ3) is 5.55. The van der Waals surface area contributed by atoms with Crippen molar-refractivity contribution in [3.63, 3.8) is 0 Å². The summed E-state index contributed by atoms with van der Waals surface area (Å²) in [6.45, 7) is 2.18. The van der Waals surface area contributed by atoms with E-state index in [0.717, 1.165) is 5.56 Å². The van der Waals surface area contributed by atoms with Crippen molar-refractivity contribution in [3.05, 3.63) is 70.7 Å². The van der Waals surface area contributed by atoms with Gasteiger partial charge in [-0.1, -0.05) is 41.9 Å². The summed E-state index contributed by atoms with van der Waals surface area (Å²) in [6, 6.07) is 16.7. The number of hydrogen-bond acceptors (Lipinski definition) is 3. The predicted molar refractivity (Wildman–Crippen MR) is 105 cm³/mol. The molecule has 1 aliphatic rings. The Morgan fingerprint density at radius 3 is 2.59 bits per heavy atom. The fourth-order valence-electron chi connectivity index (χ4n) is 3.05. The number of ether oxygens (including phenoxy) is 1. The number of halogens is 1. The summed E-state index contributed by atoms with van der Waals surface area (Å²) in [6.07, 6.45) is 0.932. The molecule has 1 fully saturated rings. The van der Waals surface area contributed by atoms with Crippen LogP contribution in [0.25, 0.3) is 0 Å². The van der Waals surface area contributed by atoms with E-state index in [-0.39, 0.29) is 17.9 Å². The molecule has 0 radical (unpaired) electrons. The topological polar surface area (TPSA) is 58.6 Å². The molecule has 1 aliphatic heterocycles. The zero-order valence-electron chi connectivity index (χ0n) is 15.1. The molecule has 1 atom stereocenters. The van der Waals surface area contributed by atoms with Gasteiger partial charge in [0, 0.05) is 30.1 Å². The lowest BCUT2D eigenvalue weighted by Gasteiger charge is -2.33. The summed E-state index contributed by atoms with van der Waals surface area (Å²) < 4.78 is 5.80. The first kappa shape index (κ1) is 19.4. The minimum atomic E-state index is -0.158. The lowest BCUT2D eigenvalue weighted by atomic mass is 10.1. The van der Waals surface area contributed by atoms with E-state index >= 15 is 0 Å². The number of nitrogens with zero attached hydrogens (tertiary/aromatic N) is 1. The van der Waals surface area contributed by atoms with Crippen LogP contribution in [0.5, 0.6) is 0 Å². The quantitative estimate of drug-likeness (QED) is 0.773. The van der Waals surface area contributed by atoms with Crippen LogP contribution in [-0.4, -0.2) is 43.0 Å². The molecule has 0 saturated carbocycles. The Labute approximate surface area is 164 Å². The van der Waals surface area contributed by atoms with Gasteiger partial charge in [-0.3, -0.25) is 9.59 Å². The van der Waals surface area contributed by atoms with Crippen molar-refractivity contribution in [2.75, 3.05) is 26.2 Å². The second-order valence-electron chi connectivity index (χ2n) is 6.48. The van der Waals surface area contributed by atoms with Crippen LogP contribution in [-0.2, 0) is 9.53 Å². The molecular weight excluding hydrogens is 364 g/mol. The molecule has 0 aromatic heterocycles. The molecule has 2 amide bonds. The van der Waals surface area contributed by atoms with Crippen molar-refractivity contribution >= 4 is 23.4 Å². The van der Waals surface area contributed by atoms with Crippen LogP contribution in [0.3, 0.4) is 0 Å². The third-order valence-corrected chi connectivity index (χ3v) is 4.80. The van der Waals surface area contributed by atoms with E-state index in [0.29, 0.717) is 49.7 Å². The molecule has 1 saturated heterocycles. The van der Waals surface area contributed by atoms with Crippen LogP contribution in [0.15, 0.2) is 54.6 Å². The van der Waals surface area contributed by atoms with Crippen LogP contribution >= 0.6 is 11.6 Å². The Morgan fingerprint density at radius 2 is 1.85 bits per heavy atom. The van der Waals surface area contributed by atoms with Crippen LogP contribution in [0, 0.1) is 0 Å². The van der Waals surface area contributed by atoms with Crippen molar-refractivity contribution in [1.29, 1.82) is 0 Å². The Bertz CT molecular complexity index is 765. The minimum Gasteiger partial charge on any atom is -0.370 e. The Morgan fingerprint density at radius 1 is 1.11 bits per heavy atom. The first-order valence-electron chi connectivity index (χ1n) is 9.11. The van der Waals surface area contributed by atoms with Gasteiger partial charge in [0.2, 0.25) is 5.91 Å². The predicted octanol–water partition coefficient (Wildman–Crippen LogP) is 3.45. The standard InChI is InChI=1S/C21H23ClN2O3/c22-18-10-8-17(9-11-18)21(26)23-12-4-7-20(25)24-13-14-27-19(15-24)16-5-2-1-3-6-16/h1-3,5-6,8-11,19H,4,7,12-15H2,(H,23,26). The van der Waals surface area contributed by atoms with E-state index in [9.17, 15) is 9.59 Å². The first-order chi connectivity index (χ1) is 13.1. The van der Waals surface area contributed by atoms with Gasteiger partial charge in [0.05, 0.1) is 13.2 Å². The highest BCUT2D eigenvalue weighted by Crippen LogP contribution is 2.22. The molecule has 27 heavy (non-hydrogen) atoms. The van der Waals surface area contributed by atoms with E-state index in [4.69, 9.17) is 16.3 Å². The maximum absolute atomic E-state index is 12.5. The normalized spacial score (nSPS) is 16.8.